The van der Waals surface area contributed by atoms with Crippen molar-refractivity contribution in [2.45, 2.75) is 25.8 Å². The van der Waals surface area contributed by atoms with Crippen LogP contribution in [0.15, 0.2) is 35.3 Å². The van der Waals surface area contributed by atoms with Crippen molar-refractivity contribution in [3.63, 3.8) is 0 Å². The number of halogens is 1. The second-order valence-corrected chi connectivity index (χ2v) is 5.09. The molecule has 1 unspecified atom stereocenters. The van der Waals surface area contributed by atoms with Gasteiger partial charge in [-0.15, -0.1) is 0 Å². The Balaban J connectivity index is 2.17. The van der Waals surface area contributed by atoms with E-state index in [1.165, 1.54) is 0 Å². The molecule has 0 spiro atoms. The van der Waals surface area contributed by atoms with Crippen LogP contribution >= 0.6 is 15.9 Å². The fraction of sp³-hybridized carbons (Fsp3) is 0.308. The second-order valence-electron chi connectivity index (χ2n) is 4.18. The van der Waals surface area contributed by atoms with Crippen molar-refractivity contribution in [1.29, 1.82) is 0 Å². The number of hydrogen-bond donors (Lipinski definition) is 1. The van der Waals surface area contributed by atoms with E-state index in [-0.39, 0.29) is 6.04 Å². The fourth-order valence-corrected chi connectivity index (χ4v) is 1.96. The average molecular weight is 307 g/mol. The van der Waals surface area contributed by atoms with E-state index < -0.39 is 0 Å². The summed E-state index contributed by atoms with van der Waals surface area (Å²) in [5.41, 5.74) is 7.87. The molecule has 2 aromatic rings. The van der Waals surface area contributed by atoms with Crippen LogP contribution in [0, 0.1) is 0 Å². The number of nitrogens with zero attached hydrogens (tertiary/aromatic N) is 3. The Morgan fingerprint density at radius 1 is 1.22 bits per heavy atom. The summed E-state index contributed by atoms with van der Waals surface area (Å²) in [7, 11) is 0. The Morgan fingerprint density at radius 2 is 1.94 bits per heavy atom. The van der Waals surface area contributed by atoms with Gasteiger partial charge in [0, 0.05) is 40.9 Å². The largest absolute Gasteiger partial charge is 0.327 e. The summed E-state index contributed by atoms with van der Waals surface area (Å²) in [5.74, 6) is 0.678. The molecule has 18 heavy (non-hydrogen) atoms. The standard InChI is InChI=1S/C13H15BrN4/c1-2-12(15)3-9-5-17-13(18-6-9)10-4-11(14)8-16-7-10/h4-8,12H,2-3,15H2,1H3. The van der Waals surface area contributed by atoms with Crippen LogP contribution in [0.4, 0.5) is 0 Å². The smallest absolute Gasteiger partial charge is 0.160 e. The van der Waals surface area contributed by atoms with Crippen molar-refractivity contribution in [2.24, 2.45) is 5.73 Å². The van der Waals surface area contributed by atoms with E-state index in [4.69, 9.17) is 5.73 Å². The molecule has 0 saturated heterocycles. The lowest BCUT2D eigenvalue weighted by Crippen LogP contribution is -2.21. The van der Waals surface area contributed by atoms with E-state index in [1.807, 2.05) is 18.5 Å². The zero-order valence-corrected chi connectivity index (χ0v) is 11.8. The number of pyridine rings is 1. The van der Waals surface area contributed by atoms with Crippen molar-refractivity contribution in [3.05, 3.63) is 40.9 Å². The molecule has 4 nitrogen and oxygen atoms in total. The Hall–Kier alpha value is -1.33. The van der Waals surface area contributed by atoms with Gasteiger partial charge in [-0.1, -0.05) is 6.92 Å². The molecule has 2 heterocycles. The normalized spacial score (nSPS) is 12.4. The predicted molar refractivity (Wildman–Crippen MR) is 74.9 cm³/mol. The quantitative estimate of drug-likeness (QED) is 0.943. The van der Waals surface area contributed by atoms with Crippen molar-refractivity contribution < 1.29 is 0 Å². The Kier molecular flexibility index (Phi) is 4.38. The Bertz CT molecular complexity index is 513. The third-order valence-electron chi connectivity index (χ3n) is 2.69. The van der Waals surface area contributed by atoms with Gasteiger partial charge >= 0.3 is 0 Å². The maximum absolute atomic E-state index is 5.90. The summed E-state index contributed by atoms with van der Waals surface area (Å²) in [4.78, 5) is 12.8. The third-order valence-corrected chi connectivity index (χ3v) is 3.12. The van der Waals surface area contributed by atoms with Crippen LogP contribution in [0.1, 0.15) is 18.9 Å². The van der Waals surface area contributed by atoms with Crippen LogP contribution in [0.5, 0.6) is 0 Å². The molecule has 2 aromatic heterocycles. The molecule has 94 valence electrons. The first-order chi connectivity index (χ1) is 8.69. The zero-order valence-electron chi connectivity index (χ0n) is 10.2. The minimum atomic E-state index is 0.173. The molecule has 0 bridgehead atoms. The highest BCUT2D eigenvalue weighted by Crippen LogP contribution is 2.18. The molecule has 0 aliphatic carbocycles. The van der Waals surface area contributed by atoms with Gasteiger partial charge in [-0.05, 0) is 40.4 Å². The minimum Gasteiger partial charge on any atom is -0.327 e. The van der Waals surface area contributed by atoms with E-state index in [2.05, 4.69) is 37.8 Å². The maximum Gasteiger partial charge on any atom is 0.160 e. The van der Waals surface area contributed by atoms with Gasteiger partial charge in [0.2, 0.25) is 0 Å². The van der Waals surface area contributed by atoms with E-state index in [0.717, 1.165) is 28.4 Å². The fourth-order valence-electron chi connectivity index (χ4n) is 1.59. The van der Waals surface area contributed by atoms with Crippen LogP contribution < -0.4 is 5.73 Å². The zero-order chi connectivity index (χ0) is 13.0. The Morgan fingerprint density at radius 3 is 2.56 bits per heavy atom. The van der Waals surface area contributed by atoms with Crippen LogP contribution in [-0.4, -0.2) is 21.0 Å². The molecule has 5 heteroatoms. The highest BCUT2D eigenvalue weighted by atomic mass is 79.9. The highest BCUT2D eigenvalue weighted by Gasteiger charge is 2.05. The van der Waals surface area contributed by atoms with Gasteiger partial charge in [-0.25, -0.2) is 9.97 Å². The van der Waals surface area contributed by atoms with Gasteiger partial charge < -0.3 is 5.73 Å². The van der Waals surface area contributed by atoms with Gasteiger partial charge in [0.25, 0.3) is 0 Å². The first-order valence-electron chi connectivity index (χ1n) is 5.86. The number of nitrogens with two attached hydrogens (primary N) is 1. The van der Waals surface area contributed by atoms with Gasteiger partial charge in [0.15, 0.2) is 5.82 Å². The summed E-state index contributed by atoms with van der Waals surface area (Å²) in [6.45, 7) is 2.08. The lowest BCUT2D eigenvalue weighted by molar-refractivity contribution is 0.643. The summed E-state index contributed by atoms with van der Waals surface area (Å²) >= 11 is 3.38. The third kappa shape index (κ3) is 3.34. The SMILES string of the molecule is CCC(N)Cc1cnc(-c2cncc(Br)c2)nc1. The van der Waals surface area contributed by atoms with E-state index in [0.29, 0.717) is 5.82 Å². The molecule has 0 radical (unpaired) electrons. The first-order valence-corrected chi connectivity index (χ1v) is 6.65. The second kappa shape index (κ2) is 6.02. The van der Waals surface area contributed by atoms with Gasteiger partial charge in [-0.3, -0.25) is 4.98 Å². The molecule has 1 atom stereocenters. The van der Waals surface area contributed by atoms with Crippen molar-refractivity contribution in [1.82, 2.24) is 15.0 Å². The Labute approximate surface area is 115 Å². The van der Waals surface area contributed by atoms with Crippen molar-refractivity contribution in [3.8, 4) is 11.4 Å². The molecule has 0 aromatic carbocycles. The maximum atomic E-state index is 5.90. The van der Waals surface area contributed by atoms with Gasteiger partial charge in [0.05, 0.1) is 0 Å². The van der Waals surface area contributed by atoms with Crippen LogP contribution in [0.3, 0.4) is 0 Å². The first kappa shape index (κ1) is 13.1. The van der Waals surface area contributed by atoms with Gasteiger partial charge in [-0.2, -0.15) is 0 Å². The molecule has 2 rings (SSSR count). The molecule has 0 aliphatic heterocycles. The van der Waals surface area contributed by atoms with Gasteiger partial charge in [0.1, 0.15) is 0 Å². The molecule has 0 saturated carbocycles. The lowest BCUT2D eigenvalue weighted by Gasteiger charge is -2.08. The van der Waals surface area contributed by atoms with Crippen LogP contribution in [0.25, 0.3) is 11.4 Å². The number of hydrogen-bond acceptors (Lipinski definition) is 4. The average Bonchev–Trinajstić information content (AvgIpc) is 2.39. The van der Waals surface area contributed by atoms with E-state index in [9.17, 15) is 0 Å². The monoisotopic (exact) mass is 306 g/mol. The topological polar surface area (TPSA) is 64.7 Å². The molecule has 2 N–H and O–H groups in total. The molecule has 0 aliphatic rings. The predicted octanol–water partition coefficient (Wildman–Crippen LogP) is 2.58. The lowest BCUT2D eigenvalue weighted by atomic mass is 10.1. The van der Waals surface area contributed by atoms with E-state index >= 15 is 0 Å². The van der Waals surface area contributed by atoms with Crippen molar-refractivity contribution >= 4 is 15.9 Å². The van der Waals surface area contributed by atoms with Crippen molar-refractivity contribution in [2.75, 3.05) is 0 Å². The van der Waals surface area contributed by atoms with Crippen LogP contribution in [-0.2, 0) is 6.42 Å². The minimum absolute atomic E-state index is 0.173. The molecular weight excluding hydrogens is 292 g/mol. The van der Waals surface area contributed by atoms with E-state index in [1.54, 1.807) is 12.4 Å². The summed E-state index contributed by atoms with van der Waals surface area (Å²) in [6, 6.07) is 2.12. The number of aromatic nitrogens is 3. The summed E-state index contributed by atoms with van der Waals surface area (Å²) in [6.07, 6.45) is 8.91. The summed E-state index contributed by atoms with van der Waals surface area (Å²) < 4.78 is 0.917. The summed E-state index contributed by atoms with van der Waals surface area (Å²) in [5, 5.41) is 0. The molecular formula is C13H15BrN4. The molecule has 0 fully saturated rings. The highest BCUT2D eigenvalue weighted by molar-refractivity contribution is 9.10. The number of rotatable bonds is 4. The molecule has 0 amide bonds. The van der Waals surface area contributed by atoms with Crippen LogP contribution in [0.2, 0.25) is 0 Å².